The van der Waals surface area contributed by atoms with Crippen molar-refractivity contribution in [1.82, 2.24) is 9.36 Å². The third kappa shape index (κ3) is 2.82. The second-order valence-electron chi connectivity index (χ2n) is 3.40. The van der Waals surface area contributed by atoms with E-state index >= 15 is 0 Å². The van der Waals surface area contributed by atoms with E-state index in [4.69, 9.17) is 5.73 Å². The van der Waals surface area contributed by atoms with Crippen LogP contribution in [0.1, 0.15) is 20.8 Å². The lowest BCUT2D eigenvalue weighted by Gasteiger charge is -2.09. The van der Waals surface area contributed by atoms with Gasteiger partial charge in [0.25, 0.3) is 0 Å². The van der Waals surface area contributed by atoms with Gasteiger partial charge < -0.3 is 5.73 Å². The van der Waals surface area contributed by atoms with E-state index < -0.39 is 0 Å². The Morgan fingerprint density at radius 3 is 2.75 bits per heavy atom. The number of thioether (sulfide) groups is 1. The van der Waals surface area contributed by atoms with Crippen LogP contribution in [0.15, 0.2) is 16.5 Å². The van der Waals surface area contributed by atoms with Crippen molar-refractivity contribution in [2.75, 3.05) is 6.54 Å². The van der Waals surface area contributed by atoms with E-state index in [1.165, 1.54) is 21.3 Å². The topological polar surface area (TPSA) is 51.8 Å². The Hall–Kier alpha value is -0.430. The summed E-state index contributed by atoms with van der Waals surface area (Å²) in [4.78, 5) is 6.99. The van der Waals surface area contributed by atoms with Crippen LogP contribution >= 0.6 is 34.6 Å². The maximum atomic E-state index is 5.81. The number of nitrogens with two attached hydrogens (primary N) is 1. The van der Waals surface area contributed by atoms with Crippen molar-refractivity contribution in [3.63, 3.8) is 0 Å². The van der Waals surface area contributed by atoms with Crippen LogP contribution in [0.25, 0.3) is 0 Å². The fourth-order valence-corrected chi connectivity index (χ4v) is 4.23. The van der Waals surface area contributed by atoms with E-state index in [9.17, 15) is 0 Å². The molecule has 2 N–H and O–H groups in total. The van der Waals surface area contributed by atoms with Crippen LogP contribution in [0.4, 0.5) is 0 Å². The van der Waals surface area contributed by atoms with E-state index in [2.05, 4.69) is 28.4 Å². The third-order valence-corrected chi connectivity index (χ3v) is 5.45. The Balaban J connectivity index is 2.12. The second-order valence-corrected chi connectivity index (χ2v) is 6.92. The molecular weight excluding hydrogens is 258 g/mol. The Bertz CT molecular complexity index is 463. The van der Waals surface area contributed by atoms with Crippen LogP contribution in [-0.2, 0) is 0 Å². The molecular formula is C10H13N3S3. The van der Waals surface area contributed by atoms with Crippen LogP contribution in [0.3, 0.4) is 0 Å². The van der Waals surface area contributed by atoms with Gasteiger partial charge >= 0.3 is 0 Å². The van der Waals surface area contributed by atoms with Gasteiger partial charge in [0.1, 0.15) is 5.82 Å². The van der Waals surface area contributed by atoms with Crippen molar-refractivity contribution in [2.24, 2.45) is 5.73 Å². The molecule has 86 valence electrons. The molecule has 0 aromatic carbocycles. The Labute approximate surface area is 107 Å². The predicted octanol–water partition coefficient (Wildman–Crippen LogP) is 3.01. The van der Waals surface area contributed by atoms with Gasteiger partial charge in [-0.05, 0) is 37.5 Å². The minimum absolute atomic E-state index is 0.297. The molecule has 0 aliphatic carbocycles. The number of thiophene rings is 1. The fraction of sp³-hybridized carbons (Fsp3) is 0.400. The second kappa shape index (κ2) is 5.27. The van der Waals surface area contributed by atoms with Crippen molar-refractivity contribution < 1.29 is 0 Å². The maximum Gasteiger partial charge on any atom is 0.170 e. The van der Waals surface area contributed by atoms with Gasteiger partial charge in [0.15, 0.2) is 4.34 Å². The molecule has 2 rings (SSSR count). The average Bonchev–Trinajstić information content (AvgIpc) is 2.84. The van der Waals surface area contributed by atoms with E-state index in [1.807, 2.05) is 6.92 Å². The Morgan fingerprint density at radius 2 is 2.25 bits per heavy atom. The first-order valence-corrected chi connectivity index (χ1v) is 7.39. The van der Waals surface area contributed by atoms with E-state index in [-0.39, 0.29) is 0 Å². The van der Waals surface area contributed by atoms with Gasteiger partial charge in [-0.2, -0.15) is 4.37 Å². The molecule has 2 heterocycles. The molecule has 0 fully saturated rings. The number of hydrogen-bond donors (Lipinski definition) is 1. The molecule has 2 aromatic heterocycles. The highest BCUT2D eigenvalue weighted by molar-refractivity contribution is 8.01. The summed E-state index contributed by atoms with van der Waals surface area (Å²) in [7, 11) is 0. The fourth-order valence-electron chi connectivity index (χ4n) is 1.30. The Morgan fingerprint density at radius 1 is 1.44 bits per heavy atom. The molecule has 1 unspecified atom stereocenters. The van der Waals surface area contributed by atoms with Crippen LogP contribution in [0, 0.1) is 13.8 Å². The summed E-state index contributed by atoms with van der Waals surface area (Å²) in [5.74, 6) is 0.839. The molecule has 1 atom stereocenters. The lowest BCUT2D eigenvalue weighted by Crippen LogP contribution is -2.07. The third-order valence-electron chi connectivity index (χ3n) is 2.04. The molecule has 2 aromatic rings. The zero-order chi connectivity index (χ0) is 11.5. The van der Waals surface area contributed by atoms with E-state index in [0.717, 1.165) is 10.2 Å². The maximum absolute atomic E-state index is 5.81. The molecule has 16 heavy (non-hydrogen) atoms. The highest BCUT2D eigenvalue weighted by Gasteiger charge is 2.15. The molecule has 0 aliphatic heterocycles. The molecule has 0 radical (unpaired) electrons. The number of aromatic nitrogens is 2. The number of hydrogen-bond acceptors (Lipinski definition) is 6. The summed E-state index contributed by atoms with van der Waals surface area (Å²) in [6.45, 7) is 4.65. The number of nitrogens with zero attached hydrogens (tertiary/aromatic N) is 2. The molecule has 6 heteroatoms. The van der Waals surface area contributed by atoms with Gasteiger partial charge in [0, 0.05) is 16.3 Å². The van der Waals surface area contributed by atoms with Crippen molar-refractivity contribution in [1.29, 1.82) is 0 Å². The summed E-state index contributed by atoms with van der Waals surface area (Å²) >= 11 is 4.95. The molecule has 0 amide bonds. The first-order valence-electron chi connectivity index (χ1n) is 4.92. The minimum atomic E-state index is 0.297. The van der Waals surface area contributed by atoms with E-state index in [0.29, 0.717) is 11.8 Å². The molecule has 0 saturated carbocycles. The van der Waals surface area contributed by atoms with Gasteiger partial charge in [-0.15, -0.1) is 11.3 Å². The van der Waals surface area contributed by atoms with Gasteiger partial charge in [-0.25, -0.2) is 4.98 Å². The zero-order valence-electron chi connectivity index (χ0n) is 9.14. The number of aryl methyl sites for hydroxylation is 2. The first-order chi connectivity index (χ1) is 7.69. The van der Waals surface area contributed by atoms with Crippen LogP contribution < -0.4 is 5.73 Å². The lowest BCUT2D eigenvalue weighted by atomic mass is 10.3. The quantitative estimate of drug-likeness (QED) is 0.869. The average molecular weight is 271 g/mol. The number of rotatable bonds is 4. The minimum Gasteiger partial charge on any atom is -0.329 e. The van der Waals surface area contributed by atoms with Crippen molar-refractivity contribution in [2.45, 2.75) is 23.4 Å². The largest absolute Gasteiger partial charge is 0.329 e. The predicted molar refractivity (Wildman–Crippen MR) is 71.4 cm³/mol. The molecule has 0 saturated heterocycles. The van der Waals surface area contributed by atoms with Crippen LogP contribution in [0.5, 0.6) is 0 Å². The van der Waals surface area contributed by atoms with Crippen molar-refractivity contribution in [3.8, 4) is 0 Å². The molecule has 0 spiro atoms. The smallest absolute Gasteiger partial charge is 0.170 e. The van der Waals surface area contributed by atoms with Crippen LogP contribution in [-0.4, -0.2) is 15.9 Å². The summed E-state index contributed by atoms with van der Waals surface area (Å²) < 4.78 is 5.17. The summed E-state index contributed by atoms with van der Waals surface area (Å²) in [6, 6.07) is 4.28. The van der Waals surface area contributed by atoms with E-state index in [1.54, 1.807) is 23.1 Å². The Kier molecular flexibility index (Phi) is 3.96. The van der Waals surface area contributed by atoms with Gasteiger partial charge in [0.05, 0.1) is 5.25 Å². The molecule has 3 nitrogen and oxygen atoms in total. The van der Waals surface area contributed by atoms with Gasteiger partial charge in [-0.1, -0.05) is 11.8 Å². The lowest BCUT2D eigenvalue weighted by molar-refractivity contribution is 0.956. The van der Waals surface area contributed by atoms with Crippen LogP contribution in [0.2, 0.25) is 0 Å². The zero-order valence-corrected chi connectivity index (χ0v) is 11.6. The summed E-state index contributed by atoms with van der Waals surface area (Å²) in [5.41, 5.74) is 5.81. The normalized spacial score (nSPS) is 12.9. The SMILES string of the molecule is Cc1nsc(SC(CN)c2ccc(C)s2)n1. The van der Waals surface area contributed by atoms with Crippen molar-refractivity contribution in [3.05, 3.63) is 27.7 Å². The highest BCUT2D eigenvalue weighted by Crippen LogP contribution is 2.38. The monoisotopic (exact) mass is 271 g/mol. The highest BCUT2D eigenvalue weighted by atomic mass is 32.2. The summed E-state index contributed by atoms with van der Waals surface area (Å²) in [6.07, 6.45) is 0. The molecule has 0 bridgehead atoms. The summed E-state index contributed by atoms with van der Waals surface area (Å²) in [5, 5.41) is 0.297. The standard InChI is InChI=1S/C10H13N3S3/c1-6-3-4-8(14-6)9(5-11)15-10-12-7(2)13-16-10/h3-4,9H,5,11H2,1-2H3. The van der Waals surface area contributed by atoms with Crippen molar-refractivity contribution >= 4 is 34.6 Å². The van der Waals surface area contributed by atoms with Gasteiger partial charge in [-0.3, -0.25) is 0 Å². The molecule has 0 aliphatic rings. The van der Waals surface area contributed by atoms with Gasteiger partial charge in [0.2, 0.25) is 0 Å². The first kappa shape index (κ1) is 12.0.